The van der Waals surface area contributed by atoms with Crippen LogP contribution in [0.3, 0.4) is 0 Å². The van der Waals surface area contributed by atoms with Crippen LogP contribution in [0.1, 0.15) is 21.5 Å². The van der Waals surface area contributed by atoms with E-state index in [1.54, 1.807) is 30.4 Å². The molecule has 0 aliphatic heterocycles. The molecule has 0 saturated heterocycles. The van der Waals surface area contributed by atoms with Gasteiger partial charge in [-0.2, -0.15) is 0 Å². The van der Waals surface area contributed by atoms with Gasteiger partial charge in [-0.1, -0.05) is 6.08 Å². The zero-order valence-electron chi connectivity index (χ0n) is 15.9. The smallest absolute Gasteiger partial charge is 0.336 e. The molecule has 27 heavy (non-hydrogen) atoms. The van der Waals surface area contributed by atoms with Gasteiger partial charge in [0.15, 0.2) is 23.0 Å². The molecule has 7 nitrogen and oxygen atoms in total. The average molecular weight is 374 g/mol. The SMILES string of the molecule is COc1cc(C=Cc2c(C(=O)O)ccc(OC)c2OC)cc(OC)c1OC. The van der Waals surface area contributed by atoms with Gasteiger partial charge >= 0.3 is 5.97 Å². The summed E-state index contributed by atoms with van der Waals surface area (Å²) >= 11 is 0. The van der Waals surface area contributed by atoms with E-state index >= 15 is 0 Å². The van der Waals surface area contributed by atoms with Crippen molar-refractivity contribution in [3.05, 3.63) is 41.0 Å². The Kier molecular flexibility index (Phi) is 6.54. The van der Waals surface area contributed by atoms with Crippen LogP contribution in [0.15, 0.2) is 24.3 Å². The number of hydrogen-bond donors (Lipinski definition) is 1. The lowest BCUT2D eigenvalue weighted by Gasteiger charge is -2.14. The third kappa shape index (κ3) is 4.08. The minimum Gasteiger partial charge on any atom is -0.493 e. The van der Waals surface area contributed by atoms with Crippen LogP contribution in [-0.2, 0) is 0 Å². The molecular formula is C20H22O7. The second-order valence-electron chi connectivity index (χ2n) is 5.36. The van der Waals surface area contributed by atoms with Gasteiger partial charge in [-0.25, -0.2) is 4.79 Å². The number of benzene rings is 2. The molecule has 0 heterocycles. The largest absolute Gasteiger partial charge is 0.493 e. The van der Waals surface area contributed by atoms with E-state index in [2.05, 4.69) is 0 Å². The van der Waals surface area contributed by atoms with Crippen molar-refractivity contribution in [2.75, 3.05) is 35.5 Å². The fourth-order valence-electron chi connectivity index (χ4n) is 2.68. The van der Waals surface area contributed by atoms with Crippen molar-refractivity contribution in [3.63, 3.8) is 0 Å². The summed E-state index contributed by atoms with van der Waals surface area (Å²) in [7, 11) is 7.53. The van der Waals surface area contributed by atoms with Crippen molar-refractivity contribution in [2.45, 2.75) is 0 Å². The number of carbonyl (C=O) groups is 1. The second-order valence-corrected chi connectivity index (χ2v) is 5.36. The molecule has 0 bridgehead atoms. The summed E-state index contributed by atoms with van der Waals surface area (Å²) in [5.41, 5.74) is 1.21. The zero-order valence-corrected chi connectivity index (χ0v) is 15.9. The Morgan fingerprint density at radius 1 is 0.778 bits per heavy atom. The van der Waals surface area contributed by atoms with E-state index in [4.69, 9.17) is 23.7 Å². The third-order valence-electron chi connectivity index (χ3n) is 3.94. The third-order valence-corrected chi connectivity index (χ3v) is 3.94. The maximum atomic E-state index is 11.6. The van der Waals surface area contributed by atoms with E-state index < -0.39 is 5.97 Å². The molecule has 144 valence electrons. The molecule has 0 amide bonds. The summed E-state index contributed by atoms with van der Waals surface area (Å²) < 4.78 is 26.6. The van der Waals surface area contributed by atoms with E-state index in [1.807, 2.05) is 0 Å². The molecular weight excluding hydrogens is 352 g/mol. The van der Waals surface area contributed by atoms with Crippen LogP contribution in [0, 0.1) is 0 Å². The summed E-state index contributed by atoms with van der Waals surface area (Å²) in [6.07, 6.45) is 3.37. The summed E-state index contributed by atoms with van der Waals surface area (Å²) in [5.74, 6) is 1.16. The number of rotatable bonds is 8. The first-order chi connectivity index (χ1) is 13.0. The molecule has 2 rings (SSSR count). The molecule has 0 aromatic heterocycles. The molecule has 0 aliphatic rings. The van der Waals surface area contributed by atoms with Crippen molar-refractivity contribution < 1.29 is 33.6 Å². The topological polar surface area (TPSA) is 83.5 Å². The zero-order chi connectivity index (χ0) is 20.0. The van der Waals surface area contributed by atoms with E-state index in [9.17, 15) is 9.90 Å². The van der Waals surface area contributed by atoms with Crippen LogP contribution in [0.2, 0.25) is 0 Å². The Morgan fingerprint density at radius 2 is 1.33 bits per heavy atom. The van der Waals surface area contributed by atoms with Gasteiger partial charge in [-0.15, -0.1) is 0 Å². The lowest BCUT2D eigenvalue weighted by Crippen LogP contribution is -2.03. The molecule has 0 fully saturated rings. The predicted octanol–water partition coefficient (Wildman–Crippen LogP) is 3.60. The molecule has 0 spiro atoms. The van der Waals surface area contributed by atoms with Crippen molar-refractivity contribution in [1.82, 2.24) is 0 Å². The van der Waals surface area contributed by atoms with E-state index in [-0.39, 0.29) is 5.56 Å². The fraction of sp³-hybridized carbons (Fsp3) is 0.250. The van der Waals surface area contributed by atoms with Gasteiger partial charge in [0.1, 0.15) is 0 Å². The minimum atomic E-state index is -1.07. The van der Waals surface area contributed by atoms with Gasteiger partial charge in [0.2, 0.25) is 5.75 Å². The molecule has 0 unspecified atom stereocenters. The van der Waals surface area contributed by atoms with Gasteiger partial charge < -0.3 is 28.8 Å². The monoisotopic (exact) mass is 374 g/mol. The second kappa shape index (κ2) is 8.84. The first kappa shape index (κ1) is 20.0. The predicted molar refractivity (Wildman–Crippen MR) is 102 cm³/mol. The van der Waals surface area contributed by atoms with Crippen LogP contribution < -0.4 is 23.7 Å². The highest BCUT2D eigenvalue weighted by Crippen LogP contribution is 2.39. The molecule has 0 atom stereocenters. The number of ether oxygens (including phenoxy) is 5. The van der Waals surface area contributed by atoms with E-state index in [0.717, 1.165) is 5.56 Å². The van der Waals surface area contributed by atoms with Crippen LogP contribution in [0.4, 0.5) is 0 Å². The molecule has 0 radical (unpaired) electrons. The first-order valence-corrected chi connectivity index (χ1v) is 7.97. The summed E-state index contributed by atoms with van der Waals surface area (Å²) in [4.78, 5) is 11.6. The fourth-order valence-corrected chi connectivity index (χ4v) is 2.68. The van der Waals surface area contributed by atoms with Gasteiger partial charge in [-0.05, 0) is 35.9 Å². The lowest BCUT2D eigenvalue weighted by molar-refractivity contribution is 0.0696. The minimum absolute atomic E-state index is 0.0938. The van der Waals surface area contributed by atoms with Crippen LogP contribution in [-0.4, -0.2) is 46.6 Å². The van der Waals surface area contributed by atoms with Crippen molar-refractivity contribution in [1.29, 1.82) is 0 Å². The van der Waals surface area contributed by atoms with Gasteiger partial charge in [0.05, 0.1) is 41.1 Å². The summed E-state index contributed by atoms with van der Waals surface area (Å²) in [5, 5.41) is 9.49. The molecule has 0 aliphatic carbocycles. The molecule has 2 aromatic rings. The molecule has 7 heteroatoms. The highest BCUT2D eigenvalue weighted by molar-refractivity contribution is 5.95. The van der Waals surface area contributed by atoms with E-state index in [0.29, 0.717) is 34.3 Å². The molecule has 2 aromatic carbocycles. The summed E-state index contributed by atoms with van der Waals surface area (Å²) in [6, 6.07) is 6.54. The van der Waals surface area contributed by atoms with Crippen LogP contribution in [0.25, 0.3) is 12.2 Å². The number of carboxylic acid groups (broad SMARTS) is 1. The summed E-state index contributed by atoms with van der Waals surface area (Å²) in [6.45, 7) is 0. The Morgan fingerprint density at radius 3 is 1.78 bits per heavy atom. The van der Waals surface area contributed by atoms with Crippen LogP contribution >= 0.6 is 0 Å². The Labute approximate surface area is 157 Å². The number of carboxylic acids is 1. The van der Waals surface area contributed by atoms with Gasteiger partial charge in [0.25, 0.3) is 0 Å². The quantitative estimate of drug-likeness (QED) is 0.707. The maximum Gasteiger partial charge on any atom is 0.336 e. The number of hydrogen-bond acceptors (Lipinski definition) is 6. The van der Waals surface area contributed by atoms with E-state index in [1.165, 1.54) is 41.6 Å². The number of aromatic carboxylic acids is 1. The normalized spacial score (nSPS) is 10.6. The van der Waals surface area contributed by atoms with Gasteiger partial charge in [0, 0.05) is 5.56 Å². The van der Waals surface area contributed by atoms with Gasteiger partial charge in [-0.3, -0.25) is 0 Å². The standard InChI is InChI=1S/C20H22O7/c1-23-15-9-8-14(20(21)22)13(18(15)26-4)7-6-12-10-16(24-2)19(27-5)17(11-12)25-3/h6-11H,1-5H3,(H,21,22). The molecule has 1 N–H and O–H groups in total. The number of methoxy groups -OCH3 is 5. The highest BCUT2D eigenvalue weighted by Gasteiger charge is 2.18. The first-order valence-electron chi connectivity index (χ1n) is 7.97. The Bertz CT molecular complexity index is 831. The van der Waals surface area contributed by atoms with Crippen LogP contribution in [0.5, 0.6) is 28.7 Å². The van der Waals surface area contributed by atoms with Crippen molar-refractivity contribution >= 4 is 18.1 Å². The highest BCUT2D eigenvalue weighted by atomic mass is 16.5. The maximum absolute atomic E-state index is 11.6. The Balaban J connectivity index is 2.59. The Hall–Kier alpha value is -3.35. The molecule has 0 saturated carbocycles. The van der Waals surface area contributed by atoms with Crippen molar-refractivity contribution in [2.24, 2.45) is 0 Å². The lowest BCUT2D eigenvalue weighted by atomic mass is 10.0. The average Bonchev–Trinajstić information content (AvgIpc) is 2.69. The van der Waals surface area contributed by atoms with Crippen molar-refractivity contribution in [3.8, 4) is 28.7 Å².